The number of likely N-dealkylation sites (N-methyl/N-ethyl adjacent to an activating group) is 1. The van der Waals surface area contributed by atoms with E-state index in [1.807, 2.05) is 16.8 Å². The van der Waals surface area contributed by atoms with E-state index in [0.717, 1.165) is 36.4 Å². The number of nitrogens with zero attached hydrogens (tertiary/aromatic N) is 3. The SMILES string of the molecule is CN(CC(=O)O)C1CCCN(C(=O)c2scnc2C(C)(C)C)CC1. The second-order valence-corrected chi connectivity index (χ2v) is 8.32. The van der Waals surface area contributed by atoms with Crippen LogP contribution in [0, 0.1) is 0 Å². The van der Waals surface area contributed by atoms with Gasteiger partial charge >= 0.3 is 5.97 Å². The number of rotatable bonds is 4. The molecule has 1 aliphatic heterocycles. The second-order valence-electron chi connectivity index (χ2n) is 7.47. The van der Waals surface area contributed by atoms with E-state index < -0.39 is 5.97 Å². The first-order valence-electron chi connectivity index (χ1n) is 8.35. The molecule has 0 aromatic carbocycles. The van der Waals surface area contributed by atoms with Crippen LogP contribution in [0.3, 0.4) is 0 Å². The Kier molecular flexibility index (Phi) is 5.98. The third-order valence-electron chi connectivity index (χ3n) is 4.46. The molecule has 1 aromatic heterocycles. The van der Waals surface area contributed by atoms with Gasteiger partial charge in [-0.15, -0.1) is 11.3 Å². The molecule has 0 spiro atoms. The number of carbonyl (C=O) groups is 2. The molecular weight excluding hydrogens is 326 g/mol. The molecule has 1 aliphatic rings. The number of likely N-dealkylation sites (tertiary alicyclic amines) is 1. The van der Waals surface area contributed by atoms with Crippen LogP contribution in [0.4, 0.5) is 0 Å². The van der Waals surface area contributed by atoms with E-state index in [1.54, 1.807) is 5.51 Å². The summed E-state index contributed by atoms with van der Waals surface area (Å²) in [5.41, 5.74) is 2.46. The number of carbonyl (C=O) groups excluding carboxylic acids is 1. The van der Waals surface area contributed by atoms with Crippen LogP contribution < -0.4 is 0 Å². The molecule has 1 aromatic rings. The van der Waals surface area contributed by atoms with Gasteiger partial charge < -0.3 is 10.0 Å². The number of carboxylic acids is 1. The Labute approximate surface area is 147 Å². The van der Waals surface area contributed by atoms with Gasteiger partial charge in [-0.3, -0.25) is 14.5 Å². The van der Waals surface area contributed by atoms with Crippen molar-refractivity contribution in [3.63, 3.8) is 0 Å². The molecular formula is C17H27N3O3S. The first-order valence-corrected chi connectivity index (χ1v) is 9.23. The van der Waals surface area contributed by atoms with Gasteiger partial charge in [0.25, 0.3) is 5.91 Å². The van der Waals surface area contributed by atoms with Gasteiger partial charge in [0, 0.05) is 24.5 Å². The first-order chi connectivity index (χ1) is 11.2. The minimum absolute atomic E-state index is 0.0433. The van der Waals surface area contributed by atoms with Gasteiger partial charge in [0.05, 0.1) is 17.7 Å². The van der Waals surface area contributed by atoms with Crippen molar-refractivity contribution in [2.24, 2.45) is 0 Å². The Morgan fingerprint density at radius 1 is 1.38 bits per heavy atom. The third kappa shape index (κ3) is 4.54. The smallest absolute Gasteiger partial charge is 0.317 e. The van der Waals surface area contributed by atoms with Gasteiger partial charge in [0.2, 0.25) is 0 Å². The van der Waals surface area contributed by atoms with Crippen LogP contribution in [0.1, 0.15) is 55.4 Å². The molecule has 1 N–H and O–H groups in total. The van der Waals surface area contributed by atoms with Crippen molar-refractivity contribution in [3.8, 4) is 0 Å². The summed E-state index contributed by atoms with van der Waals surface area (Å²) < 4.78 is 0. The second kappa shape index (κ2) is 7.61. The van der Waals surface area contributed by atoms with Crippen molar-refractivity contribution in [1.82, 2.24) is 14.8 Å². The summed E-state index contributed by atoms with van der Waals surface area (Å²) in [6.45, 7) is 7.63. The van der Waals surface area contributed by atoms with Crippen LogP contribution in [0.25, 0.3) is 0 Å². The van der Waals surface area contributed by atoms with E-state index >= 15 is 0 Å². The highest BCUT2D eigenvalue weighted by Crippen LogP contribution is 2.29. The molecule has 1 fully saturated rings. The number of thiazole rings is 1. The molecule has 1 unspecified atom stereocenters. The van der Waals surface area contributed by atoms with Crippen molar-refractivity contribution in [2.45, 2.75) is 51.5 Å². The van der Waals surface area contributed by atoms with Gasteiger partial charge in [0.15, 0.2) is 0 Å². The lowest BCUT2D eigenvalue weighted by Gasteiger charge is -2.26. The molecule has 0 aliphatic carbocycles. The summed E-state index contributed by atoms with van der Waals surface area (Å²) >= 11 is 1.41. The Morgan fingerprint density at radius 2 is 2.08 bits per heavy atom. The van der Waals surface area contributed by atoms with Gasteiger partial charge in [-0.25, -0.2) is 4.98 Å². The maximum atomic E-state index is 12.9. The average molecular weight is 353 g/mol. The van der Waals surface area contributed by atoms with Crippen LogP contribution >= 0.6 is 11.3 Å². The van der Waals surface area contributed by atoms with Crippen molar-refractivity contribution < 1.29 is 14.7 Å². The molecule has 2 rings (SSSR count). The summed E-state index contributed by atoms with van der Waals surface area (Å²) in [4.78, 5) is 32.7. The van der Waals surface area contributed by atoms with E-state index in [2.05, 4.69) is 25.8 Å². The van der Waals surface area contributed by atoms with E-state index in [1.165, 1.54) is 11.3 Å². The zero-order valence-electron chi connectivity index (χ0n) is 14.9. The average Bonchev–Trinajstić information content (AvgIpc) is 2.84. The molecule has 1 amide bonds. The zero-order chi connectivity index (χ0) is 17.9. The Morgan fingerprint density at radius 3 is 2.71 bits per heavy atom. The maximum absolute atomic E-state index is 12.9. The summed E-state index contributed by atoms with van der Waals surface area (Å²) in [6.07, 6.45) is 2.62. The monoisotopic (exact) mass is 353 g/mol. The van der Waals surface area contributed by atoms with Gasteiger partial charge in [-0.1, -0.05) is 20.8 Å². The van der Waals surface area contributed by atoms with Crippen LogP contribution in [0.5, 0.6) is 0 Å². The number of amides is 1. The minimum Gasteiger partial charge on any atom is -0.480 e. The highest BCUT2D eigenvalue weighted by atomic mass is 32.1. The van der Waals surface area contributed by atoms with E-state index in [0.29, 0.717) is 6.54 Å². The van der Waals surface area contributed by atoms with Crippen molar-refractivity contribution in [2.75, 3.05) is 26.7 Å². The normalized spacial score (nSPS) is 19.4. The minimum atomic E-state index is -0.811. The van der Waals surface area contributed by atoms with Gasteiger partial charge in [-0.2, -0.15) is 0 Å². The molecule has 7 heteroatoms. The number of aliphatic carboxylic acids is 1. The topological polar surface area (TPSA) is 73.7 Å². The predicted molar refractivity (Wildman–Crippen MR) is 94.6 cm³/mol. The van der Waals surface area contributed by atoms with E-state index in [4.69, 9.17) is 5.11 Å². The number of hydrogen-bond acceptors (Lipinski definition) is 5. The van der Waals surface area contributed by atoms with Crippen molar-refractivity contribution in [1.29, 1.82) is 0 Å². The highest BCUT2D eigenvalue weighted by Gasteiger charge is 2.30. The fourth-order valence-corrected chi connectivity index (χ4v) is 4.10. The van der Waals surface area contributed by atoms with Gasteiger partial charge in [-0.05, 0) is 26.3 Å². The molecule has 134 valence electrons. The van der Waals surface area contributed by atoms with Crippen LogP contribution in [-0.4, -0.2) is 64.5 Å². The number of carboxylic acid groups (broad SMARTS) is 1. The lowest BCUT2D eigenvalue weighted by atomic mass is 9.91. The molecule has 2 heterocycles. The Hall–Kier alpha value is -1.47. The molecule has 6 nitrogen and oxygen atoms in total. The summed E-state index contributed by atoms with van der Waals surface area (Å²) in [6, 6.07) is 0.211. The van der Waals surface area contributed by atoms with Crippen molar-refractivity contribution in [3.05, 3.63) is 16.1 Å². The van der Waals surface area contributed by atoms with Crippen LogP contribution in [0.15, 0.2) is 5.51 Å². The largest absolute Gasteiger partial charge is 0.480 e. The molecule has 0 bridgehead atoms. The van der Waals surface area contributed by atoms with Crippen LogP contribution in [0.2, 0.25) is 0 Å². The van der Waals surface area contributed by atoms with E-state index in [-0.39, 0.29) is 23.9 Å². The predicted octanol–water partition coefficient (Wildman–Crippen LogP) is 2.45. The van der Waals surface area contributed by atoms with Gasteiger partial charge in [0.1, 0.15) is 4.88 Å². The lowest BCUT2D eigenvalue weighted by molar-refractivity contribution is -0.138. The summed E-state index contributed by atoms with van der Waals surface area (Å²) in [7, 11) is 1.84. The number of hydrogen-bond donors (Lipinski definition) is 1. The Balaban J connectivity index is 2.05. The quantitative estimate of drug-likeness (QED) is 0.900. The van der Waals surface area contributed by atoms with Crippen LogP contribution in [-0.2, 0) is 10.2 Å². The summed E-state index contributed by atoms with van der Waals surface area (Å²) in [5, 5.41) is 8.95. The highest BCUT2D eigenvalue weighted by molar-refractivity contribution is 7.11. The lowest BCUT2D eigenvalue weighted by Crippen LogP contribution is -2.37. The fraction of sp³-hybridized carbons (Fsp3) is 0.706. The van der Waals surface area contributed by atoms with E-state index in [9.17, 15) is 9.59 Å². The van der Waals surface area contributed by atoms with Crippen molar-refractivity contribution >= 4 is 23.2 Å². The standard InChI is InChI=1S/C17H27N3O3S/c1-17(2,3)15-14(24-11-18-15)16(23)20-8-5-6-12(7-9-20)19(4)10-13(21)22/h11-12H,5-10H2,1-4H3,(H,21,22). The number of aromatic nitrogens is 1. The molecule has 1 saturated heterocycles. The zero-order valence-corrected chi connectivity index (χ0v) is 15.7. The molecule has 0 radical (unpaired) electrons. The molecule has 1 atom stereocenters. The maximum Gasteiger partial charge on any atom is 0.317 e. The molecule has 0 saturated carbocycles. The Bertz CT molecular complexity index is 594. The fourth-order valence-electron chi connectivity index (χ4n) is 3.14. The first kappa shape index (κ1) is 18.9. The molecule has 24 heavy (non-hydrogen) atoms. The third-order valence-corrected chi connectivity index (χ3v) is 5.28. The summed E-state index contributed by atoms with van der Waals surface area (Å²) in [5.74, 6) is -0.752.